The number of amides is 2. The van der Waals surface area contributed by atoms with Crippen LogP contribution in [0.3, 0.4) is 0 Å². The Kier molecular flexibility index (Phi) is 3.44. The summed E-state index contributed by atoms with van der Waals surface area (Å²) in [5.74, 6) is 0.578. The van der Waals surface area contributed by atoms with Crippen LogP contribution in [0.2, 0.25) is 0 Å². The fourth-order valence-electron chi connectivity index (χ4n) is 3.45. The van der Waals surface area contributed by atoms with E-state index in [1.165, 1.54) is 11.3 Å². The zero-order valence-corrected chi connectivity index (χ0v) is 13.6. The van der Waals surface area contributed by atoms with E-state index in [1.807, 2.05) is 4.90 Å². The van der Waals surface area contributed by atoms with Gasteiger partial charge in [-0.05, 0) is 38.0 Å². The van der Waals surface area contributed by atoms with Gasteiger partial charge in [-0.25, -0.2) is 4.98 Å². The van der Waals surface area contributed by atoms with Crippen molar-refractivity contribution in [2.75, 3.05) is 11.9 Å². The van der Waals surface area contributed by atoms with Crippen molar-refractivity contribution in [1.29, 1.82) is 0 Å². The Bertz CT molecular complexity index is 623. The quantitative estimate of drug-likeness (QED) is 0.929. The number of likely N-dealkylation sites (tertiary alicyclic amines) is 1. The minimum atomic E-state index is -0.215. The van der Waals surface area contributed by atoms with Crippen molar-refractivity contribution in [2.45, 2.75) is 51.5 Å². The summed E-state index contributed by atoms with van der Waals surface area (Å²) < 4.78 is 0. The molecule has 0 aromatic carbocycles. The summed E-state index contributed by atoms with van der Waals surface area (Å²) >= 11 is 1.60. The van der Waals surface area contributed by atoms with Gasteiger partial charge in [0.25, 0.3) is 0 Å². The van der Waals surface area contributed by atoms with Crippen LogP contribution in [0.15, 0.2) is 0 Å². The van der Waals surface area contributed by atoms with Crippen molar-refractivity contribution >= 4 is 28.3 Å². The number of anilines is 1. The Morgan fingerprint density at radius 3 is 2.91 bits per heavy atom. The second-order valence-corrected chi connectivity index (χ2v) is 7.99. The number of carbonyl (C=O) groups excluding carboxylic acids is 2. The number of hydrogen-bond acceptors (Lipinski definition) is 4. The van der Waals surface area contributed by atoms with Crippen LogP contribution >= 0.6 is 11.3 Å². The van der Waals surface area contributed by atoms with Crippen LogP contribution in [-0.4, -0.2) is 34.3 Å². The van der Waals surface area contributed by atoms with Gasteiger partial charge in [0.05, 0.1) is 11.6 Å². The lowest BCUT2D eigenvalue weighted by Crippen LogP contribution is -2.29. The third kappa shape index (κ3) is 2.64. The lowest BCUT2D eigenvalue weighted by Gasteiger charge is -2.15. The summed E-state index contributed by atoms with van der Waals surface area (Å²) in [6.45, 7) is 2.84. The number of aryl methyl sites for hydroxylation is 1. The highest BCUT2D eigenvalue weighted by molar-refractivity contribution is 7.15. The van der Waals surface area contributed by atoms with Gasteiger partial charge in [-0.15, -0.1) is 11.3 Å². The van der Waals surface area contributed by atoms with Crippen molar-refractivity contribution in [3.63, 3.8) is 0 Å². The van der Waals surface area contributed by atoms with E-state index in [0.717, 1.165) is 31.4 Å². The van der Waals surface area contributed by atoms with Gasteiger partial charge in [0, 0.05) is 23.9 Å². The molecule has 2 heterocycles. The molecule has 1 aromatic heterocycles. The van der Waals surface area contributed by atoms with E-state index in [1.54, 1.807) is 11.3 Å². The lowest BCUT2D eigenvalue weighted by molar-refractivity contribution is -0.128. The first-order valence-electron chi connectivity index (χ1n) is 8.19. The molecule has 4 rings (SSSR count). The van der Waals surface area contributed by atoms with E-state index in [-0.39, 0.29) is 17.7 Å². The minimum absolute atomic E-state index is 0.0457. The molecule has 1 saturated carbocycles. The summed E-state index contributed by atoms with van der Waals surface area (Å²) in [6.07, 6.45) is 5.80. The highest BCUT2D eigenvalue weighted by Crippen LogP contribution is 2.34. The van der Waals surface area contributed by atoms with Crippen LogP contribution in [0.5, 0.6) is 0 Å². The maximum absolute atomic E-state index is 12.4. The highest BCUT2D eigenvalue weighted by Gasteiger charge is 2.41. The fourth-order valence-corrected chi connectivity index (χ4v) is 4.62. The maximum Gasteiger partial charge on any atom is 0.231 e. The maximum atomic E-state index is 12.4. The Morgan fingerprint density at radius 1 is 1.32 bits per heavy atom. The molecule has 2 atom stereocenters. The lowest BCUT2D eigenvalue weighted by atomic mass is 9.93. The molecule has 1 N–H and O–H groups in total. The van der Waals surface area contributed by atoms with Gasteiger partial charge >= 0.3 is 0 Å². The molecular formula is C16H21N3O2S. The Balaban J connectivity index is 1.41. The summed E-state index contributed by atoms with van der Waals surface area (Å²) in [6, 6.07) is 0.402. The van der Waals surface area contributed by atoms with E-state index in [4.69, 9.17) is 0 Å². The summed E-state index contributed by atoms with van der Waals surface area (Å²) in [5, 5.41) is 3.66. The number of hydrogen-bond donors (Lipinski definition) is 1. The first-order chi connectivity index (χ1) is 10.6. The number of nitrogens with one attached hydrogen (secondary N) is 1. The second kappa shape index (κ2) is 5.33. The van der Waals surface area contributed by atoms with E-state index in [2.05, 4.69) is 17.2 Å². The molecule has 2 aliphatic carbocycles. The predicted molar refractivity (Wildman–Crippen MR) is 84.8 cm³/mol. The zero-order chi connectivity index (χ0) is 15.3. The van der Waals surface area contributed by atoms with Gasteiger partial charge in [-0.1, -0.05) is 6.92 Å². The van der Waals surface area contributed by atoms with Crippen LogP contribution in [0.1, 0.15) is 43.2 Å². The van der Waals surface area contributed by atoms with E-state index in [9.17, 15) is 9.59 Å². The molecule has 3 aliphatic rings. The standard InChI is InChI=1S/C16H21N3O2S/c1-9-2-5-12-13(6-9)22-16(17-12)18-15(21)10-7-14(20)19(8-10)11-3-4-11/h9-11H,2-8H2,1H3,(H,17,18,21). The molecule has 1 saturated heterocycles. The normalized spacial score (nSPS) is 27.9. The number of aromatic nitrogens is 1. The Morgan fingerprint density at radius 2 is 2.14 bits per heavy atom. The molecular weight excluding hydrogens is 298 g/mol. The molecule has 2 unspecified atom stereocenters. The molecule has 22 heavy (non-hydrogen) atoms. The molecule has 5 nitrogen and oxygen atoms in total. The minimum Gasteiger partial charge on any atom is -0.339 e. The number of fused-ring (bicyclic) bond motifs is 1. The largest absolute Gasteiger partial charge is 0.339 e. The summed E-state index contributed by atoms with van der Waals surface area (Å²) in [5.41, 5.74) is 1.15. The van der Waals surface area contributed by atoms with Crippen molar-refractivity contribution in [2.24, 2.45) is 11.8 Å². The molecule has 0 radical (unpaired) electrons. The summed E-state index contributed by atoms with van der Waals surface area (Å²) in [4.78, 5) is 32.1. The molecule has 1 aliphatic heterocycles. The van der Waals surface area contributed by atoms with Crippen LogP contribution in [0.4, 0.5) is 5.13 Å². The monoisotopic (exact) mass is 319 g/mol. The third-order valence-corrected chi connectivity index (χ3v) is 5.97. The van der Waals surface area contributed by atoms with Gasteiger partial charge in [0.2, 0.25) is 11.8 Å². The van der Waals surface area contributed by atoms with Crippen LogP contribution in [0.25, 0.3) is 0 Å². The molecule has 6 heteroatoms. The second-order valence-electron chi connectivity index (χ2n) is 6.90. The first-order valence-corrected chi connectivity index (χ1v) is 9.00. The number of carbonyl (C=O) groups is 2. The molecule has 2 fully saturated rings. The van der Waals surface area contributed by atoms with Gasteiger partial charge in [-0.2, -0.15) is 0 Å². The van der Waals surface area contributed by atoms with Crippen LogP contribution in [0, 0.1) is 11.8 Å². The fraction of sp³-hybridized carbons (Fsp3) is 0.688. The smallest absolute Gasteiger partial charge is 0.231 e. The van der Waals surface area contributed by atoms with Gasteiger partial charge in [-0.3, -0.25) is 9.59 Å². The molecule has 0 bridgehead atoms. The Hall–Kier alpha value is -1.43. The van der Waals surface area contributed by atoms with Crippen molar-refractivity contribution in [3.05, 3.63) is 10.6 Å². The van der Waals surface area contributed by atoms with Crippen molar-refractivity contribution < 1.29 is 9.59 Å². The third-order valence-electron chi connectivity index (χ3n) is 4.93. The Labute approximate surface area is 134 Å². The van der Waals surface area contributed by atoms with Gasteiger partial charge < -0.3 is 10.2 Å². The van der Waals surface area contributed by atoms with Crippen molar-refractivity contribution in [3.8, 4) is 0 Å². The molecule has 118 valence electrons. The SMILES string of the molecule is CC1CCc2nc(NC(=O)C3CC(=O)N(C4CC4)C3)sc2C1. The van der Waals surface area contributed by atoms with Gasteiger partial charge in [0.15, 0.2) is 5.13 Å². The highest BCUT2D eigenvalue weighted by atomic mass is 32.1. The number of thiazole rings is 1. The average Bonchev–Trinajstić information content (AvgIpc) is 3.13. The van der Waals surface area contributed by atoms with Gasteiger partial charge in [0.1, 0.15) is 0 Å². The van der Waals surface area contributed by atoms with E-state index < -0.39 is 0 Å². The van der Waals surface area contributed by atoms with E-state index >= 15 is 0 Å². The molecule has 2 amide bonds. The number of rotatable bonds is 3. The van der Waals surface area contributed by atoms with Crippen LogP contribution < -0.4 is 5.32 Å². The molecule has 0 spiro atoms. The summed E-state index contributed by atoms with van der Waals surface area (Å²) in [7, 11) is 0. The molecule has 1 aromatic rings. The zero-order valence-electron chi connectivity index (χ0n) is 12.8. The predicted octanol–water partition coefficient (Wildman–Crippen LogP) is 2.22. The number of nitrogens with zero attached hydrogens (tertiary/aromatic N) is 2. The first kappa shape index (κ1) is 14.2. The topological polar surface area (TPSA) is 62.3 Å². The average molecular weight is 319 g/mol. The van der Waals surface area contributed by atoms with E-state index in [0.29, 0.717) is 30.1 Å². The van der Waals surface area contributed by atoms with Crippen molar-refractivity contribution in [1.82, 2.24) is 9.88 Å². The van der Waals surface area contributed by atoms with Crippen LogP contribution in [-0.2, 0) is 22.4 Å².